The summed E-state index contributed by atoms with van der Waals surface area (Å²) >= 11 is 0. The van der Waals surface area contributed by atoms with E-state index >= 15 is 0 Å². The van der Waals surface area contributed by atoms with E-state index in [0.717, 1.165) is 0 Å². The molecule has 0 bridgehead atoms. The number of carbonyl (C=O) groups is 1. The van der Waals surface area contributed by atoms with E-state index in [1.807, 2.05) is 0 Å². The molecular formula is C6H9NO2. The molecule has 0 atom stereocenters. The first-order valence-corrected chi connectivity index (χ1v) is 2.48. The van der Waals surface area contributed by atoms with Crippen LogP contribution in [0.15, 0.2) is 17.3 Å². The molecule has 0 heterocycles. The van der Waals surface area contributed by atoms with Crippen LogP contribution in [-0.2, 0) is 4.79 Å². The molecule has 0 unspecified atom stereocenters. The van der Waals surface area contributed by atoms with Crippen molar-refractivity contribution in [3.8, 4) is 0 Å². The van der Waals surface area contributed by atoms with Gasteiger partial charge in [0.05, 0.1) is 0 Å². The molecule has 0 rings (SSSR count). The van der Waals surface area contributed by atoms with E-state index in [2.05, 4.69) is 11.6 Å². The third-order valence-corrected chi connectivity index (χ3v) is 0.605. The van der Waals surface area contributed by atoms with Gasteiger partial charge in [-0.25, -0.2) is 4.79 Å². The Morgan fingerprint density at radius 3 is 2.11 bits per heavy atom. The van der Waals surface area contributed by atoms with Gasteiger partial charge >= 0.3 is 5.97 Å². The minimum Gasteiger partial charge on any atom is -0.477 e. The zero-order chi connectivity index (χ0) is 7.44. The number of hydrogen-bond donors (Lipinski definition) is 1. The van der Waals surface area contributed by atoms with Crippen LogP contribution in [0.5, 0.6) is 0 Å². The van der Waals surface area contributed by atoms with E-state index in [1.165, 1.54) is 0 Å². The van der Waals surface area contributed by atoms with Crippen molar-refractivity contribution in [3.05, 3.63) is 12.3 Å². The van der Waals surface area contributed by atoms with Gasteiger partial charge in [0.2, 0.25) is 0 Å². The highest BCUT2D eigenvalue weighted by atomic mass is 16.4. The van der Waals surface area contributed by atoms with Crippen LogP contribution < -0.4 is 0 Å². The van der Waals surface area contributed by atoms with Crippen LogP contribution in [-0.4, -0.2) is 16.8 Å². The van der Waals surface area contributed by atoms with Crippen molar-refractivity contribution >= 4 is 11.7 Å². The maximum atomic E-state index is 10.0. The summed E-state index contributed by atoms with van der Waals surface area (Å²) in [5.41, 5.74) is 0.581. The Bertz CT molecular complexity index is 166. The minimum atomic E-state index is -1.07. The zero-order valence-corrected chi connectivity index (χ0v) is 5.51. The van der Waals surface area contributed by atoms with Crippen molar-refractivity contribution in [2.24, 2.45) is 4.99 Å². The molecule has 9 heavy (non-hydrogen) atoms. The van der Waals surface area contributed by atoms with Crippen LogP contribution in [0.25, 0.3) is 0 Å². The fraction of sp³-hybridized carbons (Fsp3) is 0.333. The van der Waals surface area contributed by atoms with Crippen molar-refractivity contribution < 1.29 is 9.90 Å². The Morgan fingerprint density at radius 2 is 2.00 bits per heavy atom. The molecule has 0 fully saturated rings. The lowest BCUT2D eigenvalue weighted by Gasteiger charge is -1.89. The van der Waals surface area contributed by atoms with Gasteiger partial charge in [0.15, 0.2) is 0 Å². The molecule has 1 N–H and O–H groups in total. The summed E-state index contributed by atoms with van der Waals surface area (Å²) in [7, 11) is 0. The topological polar surface area (TPSA) is 49.7 Å². The summed E-state index contributed by atoms with van der Waals surface area (Å²) in [6, 6.07) is 0. The third kappa shape index (κ3) is 3.46. The highest BCUT2D eigenvalue weighted by Gasteiger charge is 1.98. The second-order valence-corrected chi connectivity index (χ2v) is 1.81. The van der Waals surface area contributed by atoms with Crippen LogP contribution in [0.1, 0.15) is 13.8 Å². The van der Waals surface area contributed by atoms with Gasteiger partial charge in [-0.3, -0.25) is 4.99 Å². The van der Waals surface area contributed by atoms with Gasteiger partial charge in [-0.05, 0) is 13.8 Å². The molecule has 0 aromatic rings. The second-order valence-electron chi connectivity index (χ2n) is 1.81. The molecule has 0 aromatic carbocycles. The zero-order valence-electron chi connectivity index (χ0n) is 5.51. The van der Waals surface area contributed by atoms with E-state index in [4.69, 9.17) is 5.11 Å². The highest BCUT2D eigenvalue weighted by Crippen LogP contribution is 1.91. The molecular weight excluding hydrogens is 118 g/mol. The van der Waals surface area contributed by atoms with Crippen molar-refractivity contribution in [3.63, 3.8) is 0 Å². The van der Waals surface area contributed by atoms with Crippen molar-refractivity contribution in [2.45, 2.75) is 13.8 Å². The van der Waals surface area contributed by atoms with E-state index < -0.39 is 5.97 Å². The predicted molar refractivity (Wildman–Crippen MR) is 35.6 cm³/mol. The molecule has 0 amide bonds. The lowest BCUT2D eigenvalue weighted by atomic mass is 10.4. The standard InChI is InChI=1S/C6H9NO2/c1-4(2)7-5(3)6(8)9/h3H2,1-2H3,(H,8,9). The van der Waals surface area contributed by atoms with Gasteiger partial charge < -0.3 is 5.11 Å². The molecule has 0 saturated heterocycles. The molecule has 0 saturated carbocycles. The SMILES string of the molecule is C=C(N=C(C)C)C(=O)O. The minimum absolute atomic E-state index is 0.116. The normalized spacial score (nSPS) is 8.22. The number of aliphatic imine (C=N–C) groups is 1. The average molecular weight is 127 g/mol. The Hall–Kier alpha value is -1.12. The summed E-state index contributed by atoms with van der Waals surface area (Å²) < 4.78 is 0. The quantitative estimate of drug-likeness (QED) is 0.445. The maximum Gasteiger partial charge on any atom is 0.353 e. The maximum absolute atomic E-state index is 10.0. The summed E-state index contributed by atoms with van der Waals surface area (Å²) in [6.07, 6.45) is 0. The number of aliphatic carboxylic acids is 1. The van der Waals surface area contributed by atoms with E-state index in [1.54, 1.807) is 13.8 Å². The predicted octanol–water partition coefficient (Wildman–Crippen LogP) is 1.07. The average Bonchev–Trinajstić information content (AvgIpc) is 1.63. The summed E-state index contributed by atoms with van der Waals surface area (Å²) in [6.45, 7) is 6.64. The first-order chi connectivity index (χ1) is 4.04. The Balaban J connectivity index is 4.09. The van der Waals surface area contributed by atoms with Crippen molar-refractivity contribution in [1.82, 2.24) is 0 Å². The van der Waals surface area contributed by atoms with E-state index in [9.17, 15) is 4.79 Å². The Kier molecular flexibility index (Phi) is 2.64. The van der Waals surface area contributed by atoms with Crippen LogP contribution in [0.3, 0.4) is 0 Å². The number of nitrogens with zero attached hydrogens (tertiary/aromatic N) is 1. The van der Waals surface area contributed by atoms with Gasteiger partial charge in [0, 0.05) is 5.71 Å². The van der Waals surface area contributed by atoms with Crippen LogP contribution in [0.2, 0.25) is 0 Å². The highest BCUT2D eigenvalue weighted by molar-refractivity contribution is 5.90. The number of carboxylic acid groups (broad SMARTS) is 1. The largest absolute Gasteiger partial charge is 0.477 e. The number of carboxylic acids is 1. The fourth-order valence-corrected chi connectivity index (χ4v) is 0.318. The number of rotatable bonds is 2. The van der Waals surface area contributed by atoms with Gasteiger partial charge in [0.25, 0.3) is 0 Å². The molecule has 0 aliphatic rings. The third-order valence-electron chi connectivity index (χ3n) is 0.605. The Morgan fingerprint density at radius 1 is 1.56 bits per heavy atom. The second kappa shape index (κ2) is 3.02. The van der Waals surface area contributed by atoms with Gasteiger partial charge in [-0.2, -0.15) is 0 Å². The lowest BCUT2D eigenvalue weighted by Crippen LogP contribution is -1.97. The van der Waals surface area contributed by atoms with Gasteiger partial charge in [-0.1, -0.05) is 6.58 Å². The van der Waals surface area contributed by atoms with Gasteiger partial charge in [0.1, 0.15) is 5.70 Å². The summed E-state index contributed by atoms with van der Waals surface area (Å²) in [5.74, 6) is -1.07. The molecule has 50 valence electrons. The number of hydrogen-bond acceptors (Lipinski definition) is 2. The summed E-state index contributed by atoms with van der Waals surface area (Å²) in [4.78, 5) is 13.6. The first kappa shape index (κ1) is 7.88. The smallest absolute Gasteiger partial charge is 0.353 e. The van der Waals surface area contributed by atoms with Crippen LogP contribution in [0, 0.1) is 0 Å². The van der Waals surface area contributed by atoms with E-state index in [-0.39, 0.29) is 5.70 Å². The first-order valence-electron chi connectivity index (χ1n) is 2.48. The molecule has 0 aliphatic carbocycles. The van der Waals surface area contributed by atoms with Crippen molar-refractivity contribution in [1.29, 1.82) is 0 Å². The van der Waals surface area contributed by atoms with E-state index in [0.29, 0.717) is 5.71 Å². The lowest BCUT2D eigenvalue weighted by molar-refractivity contribution is -0.132. The fourth-order valence-electron chi connectivity index (χ4n) is 0.318. The summed E-state index contributed by atoms with van der Waals surface area (Å²) in [5, 5.41) is 8.22. The van der Waals surface area contributed by atoms with Crippen LogP contribution in [0.4, 0.5) is 0 Å². The van der Waals surface area contributed by atoms with Crippen LogP contribution >= 0.6 is 0 Å². The van der Waals surface area contributed by atoms with Gasteiger partial charge in [-0.15, -0.1) is 0 Å². The molecule has 0 aromatic heterocycles. The molecule has 3 heteroatoms. The molecule has 0 radical (unpaired) electrons. The monoisotopic (exact) mass is 127 g/mol. The van der Waals surface area contributed by atoms with Crippen molar-refractivity contribution in [2.75, 3.05) is 0 Å². The molecule has 0 aliphatic heterocycles. The molecule has 0 spiro atoms. The molecule has 3 nitrogen and oxygen atoms in total. The Labute approximate surface area is 53.7 Å².